The number of aliphatic hydroxyl groups excluding tert-OH is 1. The van der Waals surface area contributed by atoms with Crippen LogP contribution in [0.2, 0.25) is 4.44 Å². The van der Waals surface area contributed by atoms with Gasteiger partial charge in [-0.15, -0.1) is 0 Å². The summed E-state index contributed by atoms with van der Waals surface area (Å²) in [4.78, 5) is 0. The molecule has 3 heteroatoms. The summed E-state index contributed by atoms with van der Waals surface area (Å²) in [5, 5.41) is 16.2. The zero-order valence-corrected chi connectivity index (χ0v) is 6.24. The molecule has 0 fully saturated rings. The Hall–Kier alpha value is 0.719. The van der Waals surface area contributed by atoms with Crippen molar-refractivity contribution in [3.05, 3.63) is 0 Å². The molecule has 0 amide bonds. The van der Waals surface area contributed by atoms with E-state index in [4.69, 9.17) is 10.2 Å². The summed E-state index contributed by atoms with van der Waals surface area (Å²) in [6.45, 7) is 0. The summed E-state index contributed by atoms with van der Waals surface area (Å²) in [5.74, 6) is 0. The van der Waals surface area contributed by atoms with Gasteiger partial charge in [-0.1, -0.05) is 0 Å². The Morgan fingerprint density at radius 2 is 2.00 bits per heavy atom. The molecular formula is C3H7O2Sn. The number of rotatable bonds is 2. The van der Waals surface area contributed by atoms with Gasteiger partial charge in [0.15, 0.2) is 0 Å². The molecule has 0 unspecified atom stereocenters. The van der Waals surface area contributed by atoms with Crippen molar-refractivity contribution in [1.82, 2.24) is 0 Å². The Balaban J connectivity index is 2.63. The SMILES string of the molecule is OC(O)C[CH2][Sn]. The zero-order chi connectivity index (χ0) is 4.99. The molecule has 2 N–H and O–H groups in total. The molecule has 0 atom stereocenters. The summed E-state index contributed by atoms with van der Waals surface area (Å²) >= 11 is 1.36. The van der Waals surface area contributed by atoms with Gasteiger partial charge in [-0.2, -0.15) is 0 Å². The fourth-order valence-corrected chi connectivity index (χ4v) is 0.866. The molecule has 0 bridgehead atoms. The third kappa shape index (κ3) is 4.72. The van der Waals surface area contributed by atoms with Crippen LogP contribution in [0.15, 0.2) is 0 Å². The van der Waals surface area contributed by atoms with Gasteiger partial charge >= 0.3 is 49.9 Å². The molecule has 0 aromatic carbocycles. The molecule has 0 spiro atoms. The Morgan fingerprint density at radius 1 is 1.50 bits per heavy atom. The van der Waals surface area contributed by atoms with Gasteiger partial charge in [0.1, 0.15) is 0 Å². The van der Waals surface area contributed by atoms with E-state index in [-0.39, 0.29) is 0 Å². The van der Waals surface area contributed by atoms with Gasteiger partial charge in [0.05, 0.1) is 0 Å². The van der Waals surface area contributed by atoms with Crippen molar-refractivity contribution < 1.29 is 10.2 Å². The zero-order valence-electron chi connectivity index (χ0n) is 3.39. The van der Waals surface area contributed by atoms with Crippen LogP contribution in [0.1, 0.15) is 6.42 Å². The van der Waals surface area contributed by atoms with Crippen molar-refractivity contribution in [2.24, 2.45) is 0 Å². The summed E-state index contributed by atoms with van der Waals surface area (Å²) in [6, 6.07) is 0. The minimum atomic E-state index is -1.08. The van der Waals surface area contributed by atoms with E-state index in [2.05, 4.69) is 0 Å². The first-order valence-corrected chi connectivity index (χ1v) is 3.80. The average molecular weight is 194 g/mol. The third-order valence-electron chi connectivity index (χ3n) is 0.403. The topological polar surface area (TPSA) is 40.5 Å². The molecular weight excluding hydrogens is 187 g/mol. The van der Waals surface area contributed by atoms with Crippen LogP contribution in [-0.2, 0) is 0 Å². The van der Waals surface area contributed by atoms with E-state index in [9.17, 15) is 0 Å². The maximum absolute atomic E-state index is 8.12. The van der Waals surface area contributed by atoms with Crippen molar-refractivity contribution in [3.63, 3.8) is 0 Å². The van der Waals surface area contributed by atoms with Gasteiger partial charge in [0.2, 0.25) is 0 Å². The molecule has 0 heterocycles. The molecule has 0 aliphatic heterocycles. The van der Waals surface area contributed by atoms with Crippen LogP contribution in [0, 0.1) is 0 Å². The summed E-state index contributed by atoms with van der Waals surface area (Å²) < 4.78 is 0.921. The van der Waals surface area contributed by atoms with Crippen LogP contribution in [0.25, 0.3) is 0 Å². The molecule has 0 aromatic rings. The molecule has 0 rings (SSSR count). The van der Waals surface area contributed by atoms with E-state index < -0.39 is 6.29 Å². The molecule has 35 valence electrons. The summed E-state index contributed by atoms with van der Waals surface area (Å²) in [5.41, 5.74) is 0. The predicted molar refractivity (Wildman–Crippen MR) is 23.4 cm³/mol. The van der Waals surface area contributed by atoms with E-state index in [0.717, 1.165) is 4.44 Å². The minimum absolute atomic E-state index is 0.526. The first kappa shape index (κ1) is 6.72. The van der Waals surface area contributed by atoms with Crippen molar-refractivity contribution in [1.29, 1.82) is 0 Å². The van der Waals surface area contributed by atoms with Crippen molar-refractivity contribution in [2.45, 2.75) is 17.1 Å². The van der Waals surface area contributed by atoms with Gasteiger partial charge in [-0.25, -0.2) is 0 Å². The first-order valence-electron chi connectivity index (χ1n) is 1.78. The fraction of sp³-hybridized carbons (Fsp3) is 1.00. The summed E-state index contributed by atoms with van der Waals surface area (Å²) in [7, 11) is 0. The van der Waals surface area contributed by atoms with Crippen LogP contribution in [-0.4, -0.2) is 39.0 Å². The maximum atomic E-state index is 8.12. The normalized spacial score (nSPS) is 10.0. The monoisotopic (exact) mass is 195 g/mol. The van der Waals surface area contributed by atoms with Crippen LogP contribution < -0.4 is 0 Å². The molecule has 0 aromatic heterocycles. The average Bonchev–Trinajstić information content (AvgIpc) is 1.35. The van der Waals surface area contributed by atoms with Crippen molar-refractivity contribution in [2.75, 3.05) is 0 Å². The van der Waals surface area contributed by atoms with Gasteiger partial charge in [0.25, 0.3) is 0 Å². The van der Waals surface area contributed by atoms with Crippen LogP contribution in [0.5, 0.6) is 0 Å². The number of hydrogen-bond donors (Lipinski definition) is 2. The fourth-order valence-electron chi connectivity index (χ4n) is 0.129. The first-order chi connectivity index (χ1) is 2.77. The summed E-state index contributed by atoms with van der Waals surface area (Å²) in [6.07, 6.45) is -0.553. The van der Waals surface area contributed by atoms with Gasteiger partial charge in [0, 0.05) is 0 Å². The van der Waals surface area contributed by atoms with Crippen molar-refractivity contribution in [3.8, 4) is 0 Å². The second kappa shape index (κ2) is 3.89. The second-order valence-corrected chi connectivity index (χ2v) is 2.45. The van der Waals surface area contributed by atoms with Crippen LogP contribution in [0.3, 0.4) is 0 Å². The molecule has 2 nitrogen and oxygen atoms in total. The Labute approximate surface area is 50.3 Å². The Bertz CT molecular complexity index is 30.0. The van der Waals surface area contributed by atoms with Gasteiger partial charge < -0.3 is 0 Å². The van der Waals surface area contributed by atoms with Crippen molar-refractivity contribution >= 4 is 22.5 Å². The van der Waals surface area contributed by atoms with E-state index in [1.165, 1.54) is 22.5 Å². The predicted octanol–water partition coefficient (Wildman–Crippen LogP) is -0.726. The van der Waals surface area contributed by atoms with E-state index >= 15 is 0 Å². The van der Waals surface area contributed by atoms with E-state index in [1.54, 1.807) is 0 Å². The van der Waals surface area contributed by atoms with Crippen LogP contribution in [0.4, 0.5) is 0 Å². The van der Waals surface area contributed by atoms with Gasteiger partial charge in [-0.05, 0) is 0 Å². The molecule has 0 aliphatic carbocycles. The number of aliphatic hydroxyl groups is 2. The van der Waals surface area contributed by atoms with Crippen LogP contribution >= 0.6 is 0 Å². The molecule has 0 saturated heterocycles. The second-order valence-electron chi connectivity index (χ2n) is 1.02. The molecule has 0 saturated carbocycles. The van der Waals surface area contributed by atoms with Gasteiger partial charge in [-0.3, -0.25) is 0 Å². The standard InChI is InChI=1S/C3H7O2.Sn/c1-2-3(4)5;/h3-5H,1-2H2;. The third-order valence-corrected chi connectivity index (χ3v) is 1.23. The molecule has 0 aliphatic rings. The number of hydrogen-bond acceptors (Lipinski definition) is 2. The Morgan fingerprint density at radius 3 is 2.00 bits per heavy atom. The Kier molecular flexibility index (Phi) is 4.36. The molecule has 6 heavy (non-hydrogen) atoms. The van der Waals surface area contributed by atoms with E-state index in [0.29, 0.717) is 6.42 Å². The van der Waals surface area contributed by atoms with E-state index in [1.807, 2.05) is 0 Å². The quantitative estimate of drug-likeness (QED) is 0.449. The molecule has 3 radical (unpaired) electrons.